The smallest absolute Gasteiger partial charge is 0.145 e. The molecular formula is C16H19ClN2O. The molecule has 1 aromatic heterocycles. The number of ether oxygens (including phenoxy) is 1. The normalized spacial score (nSPS) is 11.4. The van der Waals surface area contributed by atoms with E-state index in [0.717, 1.165) is 17.9 Å². The lowest BCUT2D eigenvalue weighted by Gasteiger charge is -2.21. The molecule has 0 spiro atoms. The van der Waals surface area contributed by atoms with Gasteiger partial charge in [-0.05, 0) is 45.0 Å². The Hall–Kier alpha value is -1.58. The van der Waals surface area contributed by atoms with E-state index in [1.54, 1.807) is 12.4 Å². The van der Waals surface area contributed by atoms with E-state index in [2.05, 4.69) is 31.1 Å². The summed E-state index contributed by atoms with van der Waals surface area (Å²) in [6, 6.07) is 9.39. The maximum Gasteiger partial charge on any atom is 0.145 e. The van der Waals surface area contributed by atoms with E-state index < -0.39 is 0 Å². The van der Waals surface area contributed by atoms with Crippen LogP contribution in [0.15, 0.2) is 42.7 Å². The molecule has 0 aliphatic rings. The molecule has 3 nitrogen and oxygen atoms in total. The fraction of sp³-hybridized carbons (Fsp3) is 0.312. The van der Waals surface area contributed by atoms with Gasteiger partial charge in [-0.15, -0.1) is 0 Å². The van der Waals surface area contributed by atoms with Crippen LogP contribution in [0.5, 0.6) is 11.5 Å². The van der Waals surface area contributed by atoms with Crippen LogP contribution in [0, 0.1) is 0 Å². The molecule has 0 aliphatic carbocycles. The first-order valence-corrected chi connectivity index (χ1v) is 6.93. The van der Waals surface area contributed by atoms with Gasteiger partial charge < -0.3 is 10.1 Å². The van der Waals surface area contributed by atoms with Crippen molar-refractivity contribution in [3.63, 3.8) is 0 Å². The Kier molecular flexibility index (Phi) is 4.63. The van der Waals surface area contributed by atoms with Gasteiger partial charge in [-0.3, -0.25) is 4.98 Å². The minimum absolute atomic E-state index is 0.0468. The highest BCUT2D eigenvalue weighted by atomic mass is 35.5. The molecule has 0 unspecified atom stereocenters. The Morgan fingerprint density at radius 3 is 2.70 bits per heavy atom. The maximum atomic E-state index is 6.06. The third kappa shape index (κ3) is 4.51. The van der Waals surface area contributed by atoms with Crippen molar-refractivity contribution < 1.29 is 4.74 Å². The van der Waals surface area contributed by atoms with Crippen LogP contribution in [0.4, 0.5) is 0 Å². The van der Waals surface area contributed by atoms with Crippen LogP contribution in [0.25, 0.3) is 0 Å². The first-order chi connectivity index (χ1) is 9.44. The van der Waals surface area contributed by atoms with Crippen LogP contribution in [-0.4, -0.2) is 10.5 Å². The fourth-order valence-electron chi connectivity index (χ4n) is 1.66. The number of pyridine rings is 1. The average Bonchev–Trinajstić information content (AvgIpc) is 2.38. The van der Waals surface area contributed by atoms with Gasteiger partial charge >= 0.3 is 0 Å². The van der Waals surface area contributed by atoms with Crippen LogP contribution in [0.2, 0.25) is 5.02 Å². The van der Waals surface area contributed by atoms with Gasteiger partial charge in [-0.2, -0.15) is 0 Å². The Bertz CT molecular complexity index is 564. The van der Waals surface area contributed by atoms with Crippen LogP contribution in [0.3, 0.4) is 0 Å². The van der Waals surface area contributed by atoms with Gasteiger partial charge in [0.25, 0.3) is 0 Å². The third-order valence-corrected chi connectivity index (χ3v) is 2.94. The quantitative estimate of drug-likeness (QED) is 0.905. The summed E-state index contributed by atoms with van der Waals surface area (Å²) in [4.78, 5) is 4.04. The second kappa shape index (κ2) is 6.25. The largest absolute Gasteiger partial charge is 0.455 e. The zero-order chi connectivity index (χ0) is 14.6. The first-order valence-electron chi connectivity index (χ1n) is 6.55. The molecule has 0 bridgehead atoms. The average molecular weight is 291 g/mol. The second-order valence-corrected chi connectivity index (χ2v) is 6.08. The predicted molar refractivity (Wildman–Crippen MR) is 82.4 cm³/mol. The van der Waals surface area contributed by atoms with Crippen molar-refractivity contribution in [2.24, 2.45) is 0 Å². The molecule has 0 saturated carbocycles. The predicted octanol–water partition coefficient (Wildman–Crippen LogP) is 4.42. The number of benzene rings is 1. The molecule has 2 aromatic rings. The zero-order valence-electron chi connectivity index (χ0n) is 12.0. The van der Waals surface area contributed by atoms with E-state index >= 15 is 0 Å². The summed E-state index contributed by atoms with van der Waals surface area (Å²) in [5.74, 6) is 1.45. The fourth-order valence-corrected chi connectivity index (χ4v) is 1.83. The molecule has 0 saturated heterocycles. The molecule has 4 heteroatoms. The summed E-state index contributed by atoms with van der Waals surface area (Å²) in [7, 11) is 0. The van der Waals surface area contributed by atoms with Crippen molar-refractivity contribution in [1.82, 2.24) is 10.3 Å². The van der Waals surface area contributed by atoms with Gasteiger partial charge in [0, 0.05) is 28.9 Å². The standard InChI is InChI=1S/C16H19ClN2O/c1-16(2,3)19-10-12-6-7-13(17)9-15(12)20-14-5-4-8-18-11-14/h4-9,11,19H,10H2,1-3H3. The molecule has 0 atom stereocenters. The number of hydrogen-bond acceptors (Lipinski definition) is 3. The molecule has 1 N–H and O–H groups in total. The van der Waals surface area contributed by atoms with Gasteiger partial charge in [0.2, 0.25) is 0 Å². The van der Waals surface area contributed by atoms with E-state index in [0.29, 0.717) is 10.8 Å². The second-order valence-electron chi connectivity index (χ2n) is 5.65. The molecule has 1 aromatic carbocycles. The number of rotatable bonds is 4. The highest BCUT2D eigenvalue weighted by Crippen LogP contribution is 2.28. The minimum Gasteiger partial charge on any atom is -0.455 e. The highest BCUT2D eigenvalue weighted by Gasteiger charge is 2.12. The summed E-state index contributed by atoms with van der Waals surface area (Å²) >= 11 is 6.06. The van der Waals surface area contributed by atoms with Crippen molar-refractivity contribution in [2.75, 3.05) is 0 Å². The van der Waals surface area contributed by atoms with Crippen molar-refractivity contribution in [3.05, 3.63) is 53.3 Å². The van der Waals surface area contributed by atoms with Gasteiger partial charge in [0.15, 0.2) is 0 Å². The lowest BCUT2D eigenvalue weighted by Crippen LogP contribution is -2.35. The van der Waals surface area contributed by atoms with Gasteiger partial charge in [-0.25, -0.2) is 0 Å². The number of nitrogens with one attached hydrogen (secondary N) is 1. The van der Waals surface area contributed by atoms with Gasteiger partial charge in [0.1, 0.15) is 11.5 Å². The first kappa shape index (κ1) is 14.8. The molecular weight excluding hydrogens is 272 g/mol. The van der Waals surface area contributed by atoms with E-state index in [1.807, 2.05) is 30.3 Å². The molecule has 0 radical (unpaired) electrons. The minimum atomic E-state index is 0.0468. The highest BCUT2D eigenvalue weighted by molar-refractivity contribution is 6.30. The molecule has 1 heterocycles. The van der Waals surface area contributed by atoms with Crippen LogP contribution in [-0.2, 0) is 6.54 Å². The molecule has 20 heavy (non-hydrogen) atoms. The molecule has 0 aliphatic heterocycles. The zero-order valence-corrected chi connectivity index (χ0v) is 12.7. The van der Waals surface area contributed by atoms with Crippen molar-refractivity contribution in [3.8, 4) is 11.5 Å². The number of halogens is 1. The van der Waals surface area contributed by atoms with Gasteiger partial charge in [-0.1, -0.05) is 17.7 Å². The van der Waals surface area contributed by atoms with Crippen molar-refractivity contribution in [2.45, 2.75) is 32.9 Å². The third-order valence-electron chi connectivity index (χ3n) is 2.70. The summed E-state index contributed by atoms with van der Waals surface area (Å²) in [6.45, 7) is 7.11. The molecule has 106 valence electrons. The lowest BCUT2D eigenvalue weighted by molar-refractivity contribution is 0.414. The Labute approximate surface area is 124 Å². The molecule has 0 amide bonds. The Morgan fingerprint density at radius 1 is 1.25 bits per heavy atom. The van der Waals surface area contributed by atoms with E-state index in [-0.39, 0.29) is 5.54 Å². The maximum absolute atomic E-state index is 6.06. The molecule has 0 fully saturated rings. The monoisotopic (exact) mass is 290 g/mol. The Morgan fingerprint density at radius 2 is 2.05 bits per heavy atom. The topological polar surface area (TPSA) is 34.1 Å². The van der Waals surface area contributed by atoms with Crippen LogP contribution in [0.1, 0.15) is 26.3 Å². The SMILES string of the molecule is CC(C)(C)NCc1ccc(Cl)cc1Oc1cccnc1. The van der Waals surface area contributed by atoms with Crippen LogP contribution < -0.4 is 10.1 Å². The van der Waals surface area contributed by atoms with Gasteiger partial charge in [0.05, 0.1) is 6.20 Å². The van der Waals surface area contributed by atoms with E-state index in [9.17, 15) is 0 Å². The van der Waals surface area contributed by atoms with E-state index in [1.165, 1.54) is 0 Å². The van der Waals surface area contributed by atoms with Crippen LogP contribution >= 0.6 is 11.6 Å². The number of nitrogens with zero attached hydrogens (tertiary/aromatic N) is 1. The lowest BCUT2D eigenvalue weighted by atomic mass is 10.1. The number of hydrogen-bond donors (Lipinski definition) is 1. The van der Waals surface area contributed by atoms with Crippen molar-refractivity contribution >= 4 is 11.6 Å². The summed E-state index contributed by atoms with van der Waals surface area (Å²) in [5, 5.41) is 4.10. The number of aromatic nitrogens is 1. The Balaban J connectivity index is 2.20. The summed E-state index contributed by atoms with van der Waals surface area (Å²) in [6.07, 6.45) is 3.40. The molecule has 2 rings (SSSR count). The summed E-state index contributed by atoms with van der Waals surface area (Å²) < 4.78 is 5.87. The van der Waals surface area contributed by atoms with E-state index in [4.69, 9.17) is 16.3 Å². The summed E-state index contributed by atoms with van der Waals surface area (Å²) in [5.41, 5.74) is 1.11. The van der Waals surface area contributed by atoms with Crippen molar-refractivity contribution in [1.29, 1.82) is 0 Å².